The number of aromatic nitrogens is 2. The molecule has 0 spiro atoms. The van der Waals surface area contributed by atoms with E-state index in [0.717, 1.165) is 28.2 Å². The van der Waals surface area contributed by atoms with Gasteiger partial charge >= 0.3 is 5.69 Å². The van der Waals surface area contributed by atoms with E-state index in [0.29, 0.717) is 12.8 Å². The number of benzene rings is 3. The second-order valence-corrected chi connectivity index (χ2v) is 9.79. The number of ether oxygens (including phenoxy) is 4. The van der Waals surface area contributed by atoms with Crippen LogP contribution in [0.3, 0.4) is 0 Å². The molecule has 2 atom stereocenters. The summed E-state index contributed by atoms with van der Waals surface area (Å²) in [5.41, 5.74) is 1.37. The van der Waals surface area contributed by atoms with Crippen molar-refractivity contribution in [3.8, 4) is 11.5 Å². The van der Waals surface area contributed by atoms with Crippen molar-refractivity contribution in [3.63, 3.8) is 0 Å². The van der Waals surface area contributed by atoms with Gasteiger partial charge in [-0.1, -0.05) is 54.6 Å². The molecular formula is C32H33N3O6. The number of anilines is 1. The zero-order valence-electron chi connectivity index (χ0n) is 23.3. The van der Waals surface area contributed by atoms with Crippen LogP contribution in [-0.2, 0) is 19.9 Å². The monoisotopic (exact) mass is 555 g/mol. The van der Waals surface area contributed by atoms with E-state index in [1.54, 1.807) is 26.5 Å². The Balaban J connectivity index is 1.46. The average molecular weight is 556 g/mol. The third-order valence-corrected chi connectivity index (χ3v) is 7.19. The molecule has 0 bridgehead atoms. The number of hydrogen-bond donors (Lipinski definition) is 1. The third-order valence-electron chi connectivity index (χ3n) is 7.19. The Morgan fingerprint density at radius 1 is 0.902 bits per heavy atom. The molecule has 0 unspecified atom stereocenters. The number of methoxy groups -OCH3 is 2. The van der Waals surface area contributed by atoms with Crippen LogP contribution in [0.15, 0.2) is 95.9 Å². The van der Waals surface area contributed by atoms with Gasteiger partial charge in [0.25, 0.3) is 0 Å². The Morgan fingerprint density at radius 3 is 2.02 bits per heavy atom. The average Bonchev–Trinajstić information content (AvgIpc) is 3.47. The molecule has 4 aromatic rings. The molecule has 41 heavy (non-hydrogen) atoms. The second kappa shape index (κ2) is 12.4. The van der Waals surface area contributed by atoms with Gasteiger partial charge in [-0.2, -0.15) is 4.98 Å². The lowest BCUT2D eigenvalue weighted by Crippen LogP contribution is -2.36. The zero-order valence-corrected chi connectivity index (χ0v) is 23.3. The van der Waals surface area contributed by atoms with Crippen LogP contribution in [0.2, 0.25) is 0 Å². The van der Waals surface area contributed by atoms with E-state index in [2.05, 4.69) is 22.4 Å². The Morgan fingerprint density at radius 2 is 1.49 bits per heavy atom. The van der Waals surface area contributed by atoms with Gasteiger partial charge in [-0.15, -0.1) is 0 Å². The highest BCUT2D eigenvalue weighted by Gasteiger charge is 2.39. The maximum Gasteiger partial charge on any atom is 0.351 e. The van der Waals surface area contributed by atoms with Crippen LogP contribution in [-0.4, -0.2) is 42.4 Å². The minimum Gasteiger partial charge on any atom is -0.497 e. The first-order valence-corrected chi connectivity index (χ1v) is 13.4. The predicted molar refractivity (Wildman–Crippen MR) is 154 cm³/mol. The van der Waals surface area contributed by atoms with Crippen molar-refractivity contribution in [3.05, 3.63) is 118 Å². The molecule has 9 nitrogen and oxygen atoms in total. The summed E-state index contributed by atoms with van der Waals surface area (Å²) in [6, 6.07) is 27.4. The molecule has 1 N–H and O–H groups in total. The normalized spacial score (nSPS) is 16.8. The molecule has 5 rings (SSSR count). The van der Waals surface area contributed by atoms with Crippen LogP contribution in [0.25, 0.3) is 0 Å². The maximum absolute atomic E-state index is 12.7. The van der Waals surface area contributed by atoms with Crippen LogP contribution in [0, 0.1) is 0 Å². The molecule has 0 aliphatic carbocycles. The lowest BCUT2D eigenvalue weighted by Gasteiger charge is -2.37. The number of rotatable bonds is 10. The Labute approximate surface area is 238 Å². The highest BCUT2D eigenvalue weighted by Crippen LogP contribution is 2.42. The van der Waals surface area contributed by atoms with Crippen molar-refractivity contribution in [2.45, 2.75) is 37.7 Å². The summed E-state index contributed by atoms with van der Waals surface area (Å²) in [4.78, 5) is 27.9. The van der Waals surface area contributed by atoms with E-state index in [9.17, 15) is 9.59 Å². The summed E-state index contributed by atoms with van der Waals surface area (Å²) in [5, 5.41) is 2.53. The van der Waals surface area contributed by atoms with Crippen LogP contribution < -0.4 is 20.5 Å². The molecule has 1 aliphatic rings. The number of amides is 1. The first-order valence-electron chi connectivity index (χ1n) is 13.4. The largest absolute Gasteiger partial charge is 0.497 e. The molecule has 0 radical (unpaired) electrons. The van der Waals surface area contributed by atoms with Crippen LogP contribution >= 0.6 is 0 Å². The molecule has 0 saturated carbocycles. The fourth-order valence-corrected chi connectivity index (χ4v) is 5.19. The van der Waals surface area contributed by atoms with E-state index in [4.69, 9.17) is 18.9 Å². The molecular weight excluding hydrogens is 522 g/mol. The number of hydrogen-bond acceptors (Lipinski definition) is 7. The first-order chi connectivity index (χ1) is 19.9. The van der Waals surface area contributed by atoms with Gasteiger partial charge in [-0.05, 0) is 59.9 Å². The minimum absolute atomic E-state index is 0.211. The molecule has 2 heterocycles. The minimum atomic E-state index is -0.959. The molecule has 9 heteroatoms. The number of carbonyl (C=O) groups is 1. The summed E-state index contributed by atoms with van der Waals surface area (Å²) < 4.78 is 25.5. The molecule has 3 aromatic carbocycles. The summed E-state index contributed by atoms with van der Waals surface area (Å²) >= 11 is 0. The number of nitrogens with one attached hydrogen (secondary N) is 1. The summed E-state index contributed by atoms with van der Waals surface area (Å²) in [5.74, 6) is 1.41. The van der Waals surface area contributed by atoms with Gasteiger partial charge in [-0.3, -0.25) is 9.36 Å². The highest BCUT2D eigenvalue weighted by molar-refractivity contribution is 5.87. The quantitative estimate of drug-likeness (QED) is 0.278. The third kappa shape index (κ3) is 6.01. The molecule has 1 saturated heterocycles. The van der Waals surface area contributed by atoms with Crippen molar-refractivity contribution in [2.24, 2.45) is 0 Å². The van der Waals surface area contributed by atoms with Gasteiger partial charge in [0, 0.05) is 13.1 Å². The SMILES string of the molecule is COc1ccc(C(OC[C@@H]2CC[C@H](n3ccc(NC(C)=O)nc3=O)O2)(c2ccccc2)c2ccc(OC)cc2)cc1. The topological polar surface area (TPSA) is 101 Å². The fourth-order valence-electron chi connectivity index (χ4n) is 5.19. The summed E-state index contributed by atoms with van der Waals surface area (Å²) in [6.07, 6.45) is 2.17. The van der Waals surface area contributed by atoms with Crippen molar-refractivity contribution in [2.75, 3.05) is 26.1 Å². The lowest BCUT2D eigenvalue weighted by molar-refractivity contribution is -0.114. The Hall–Kier alpha value is -4.47. The van der Waals surface area contributed by atoms with Crippen LogP contribution in [0.1, 0.15) is 42.7 Å². The van der Waals surface area contributed by atoms with Crippen molar-refractivity contribution >= 4 is 11.7 Å². The summed E-state index contributed by atoms with van der Waals surface area (Å²) in [7, 11) is 3.28. The number of carbonyl (C=O) groups excluding carboxylic acids is 1. The standard InChI is InChI=1S/C32H33N3O6/c1-22(36)33-29-19-20-35(31(37)34-29)30-18-17-28(41-30)21-40-32(23-7-5-4-6-8-23,24-9-13-26(38-2)14-10-24)25-11-15-27(39-3)16-12-25/h4-16,19-20,28,30H,17-18,21H2,1-3H3,(H,33,34,36,37)/t28-,30+/m0/s1. The number of nitrogens with zero attached hydrogens (tertiary/aromatic N) is 2. The van der Waals surface area contributed by atoms with Crippen molar-refractivity contribution in [1.82, 2.24) is 9.55 Å². The molecule has 212 valence electrons. The molecule has 1 aromatic heterocycles. The smallest absolute Gasteiger partial charge is 0.351 e. The van der Waals surface area contributed by atoms with E-state index < -0.39 is 17.5 Å². The highest BCUT2D eigenvalue weighted by atomic mass is 16.6. The van der Waals surface area contributed by atoms with Gasteiger partial charge in [0.15, 0.2) is 0 Å². The van der Waals surface area contributed by atoms with E-state index in [1.165, 1.54) is 11.5 Å². The lowest BCUT2D eigenvalue weighted by atomic mass is 9.80. The Bertz CT molecular complexity index is 1470. The van der Waals surface area contributed by atoms with Crippen LogP contribution in [0.5, 0.6) is 11.5 Å². The van der Waals surface area contributed by atoms with Crippen molar-refractivity contribution in [1.29, 1.82) is 0 Å². The Kier molecular flexibility index (Phi) is 8.47. The predicted octanol–water partition coefficient (Wildman–Crippen LogP) is 4.91. The van der Waals surface area contributed by atoms with Gasteiger partial charge in [-0.25, -0.2) is 4.79 Å². The molecule has 1 aliphatic heterocycles. The van der Waals surface area contributed by atoms with Crippen molar-refractivity contribution < 1.29 is 23.7 Å². The van der Waals surface area contributed by atoms with Gasteiger partial charge in [0.1, 0.15) is 29.1 Å². The fraction of sp³-hybridized carbons (Fsp3) is 0.281. The van der Waals surface area contributed by atoms with Gasteiger partial charge in [0.05, 0.1) is 26.9 Å². The van der Waals surface area contributed by atoms with E-state index in [-0.39, 0.29) is 24.4 Å². The van der Waals surface area contributed by atoms with E-state index in [1.807, 2.05) is 66.7 Å². The van der Waals surface area contributed by atoms with Gasteiger partial charge in [0.2, 0.25) is 5.91 Å². The zero-order chi connectivity index (χ0) is 28.8. The van der Waals surface area contributed by atoms with Gasteiger partial charge < -0.3 is 24.3 Å². The van der Waals surface area contributed by atoms with E-state index >= 15 is 0 Å². The molecule has 1 fully saturated rings. The second-order valence-electron chi connectivity index (χ2n) is 9.79. The molecule has 1 amide bonds. The summed E-state index contributed by atoms with van der Waals surface area (Å²) in [6.45, 7) is 1.64. The van der Waals surface area contributed by atoms with Crippen LogP contribution in [0.4, 0.5) is 5.82 Å². The maximum atomic E-state index is 12.7. The first kappa shape index (κ1) is 28.1.